The van der Waals surface area contributed by atoms with Gasteiger partial charge in [0.25, 0.3) is 0 Å². The molecule has 10 atom stereocenters. The van der Waals surface area contributed by atoms with Gasteiger partial charge in [0, 0.05) is 32.4 Å². The Bertz CT molecular complexity index is 1370. The Kier molecular flexibility index (Phi) is 32.9. The first kappa shape index (κ1) is 58.6. The number of hydrogen-bond donors (Lipinski definition) is 10. The lowest BCUT2D eigenvalue weighted by Crippen LogP contribution is -2.77. The zero-order chi connectivity index (χ0) is 47.5. The molecule has 2 saturated heterocycles. The maximum atomic E-state index is 12.1. The van der Waals surface area contributed by atoms with Gasteiger partial charge < -0.3 is 79.9 Å². The number of aliphatic hydroxyl groups excluding tert-OH is 7. The van der Waals surface area contributed by atoms with Crippen molar-refractivity contribution in [2.45, 2.75) is 190 Å². The van der Waals surface area contributed by atoms with Crippen molar-refractivity contribution < 1.29 is 78.9 Å². The molecule has 0 aromatic rings. The van der Waals surface area contributed by atoms with Crippen molar-refractivity contribution in [1.82, 2.24) is 10.6 Å². The van der Waals surface area contributed by atoms with Crippen molar-refractivity contribution in [2.24, 2.45) is 0 Å². The molecule has 0 aliphatic carbocycles. The molecule has 2 fully saturated rings. The van der Waals surface area contributed by atoms with Crippen LogP contribution in [0.2, 0.25) is 0 Å². The lowest BCUT2D eigenvalue weighted by molar-refractivity contribution is -0.372. The van der Waals surface area contributed by atoms with Crippen molar-refractivity contribution in [1.29, 1.82) is 0 Å². The molecule has 65 heavy (non-hydrogen) atoms. The SMILES string of the molecule is CCCCCCCCCCCCC#CC#CCCCCCCCCC(=O)NCCOCCOCCOCC(=O)NCCO[C@@H]1O[C@H](CO)[C@](O)([C@@H]2O[C@H](CO)[C@H](O)[C@H](O)[C@H]2O)[C@H](O)[C@H]1O. The van der Waals surface area contributed by atoms with Crippen molar-refractivity contribution in [3.05, 3.63) is 0 Å². The Hall–Kier alpha value is -2.50. The largest absolute Gasteiger partial charge is 0.394 e. The molecule has 0 unspecified atom stereocenters. The molecular weight excluding hydrogens is 849 g/mol. The Balaban J connectivity index is 1.37. The van der Waals surface area contributed by atoms with Crippen LogP contribution in [-0.4, -0.2) is 186 Å². The topological polar surface area (TPSA) is 275 Å². The summed E-state index contributed by atoms with van der Waals surface area (Å²) in [6.45, 7) is 1.72. The molecule has 0 spiro atoms. The smallest absolute Gasteiger partial charge is 0.246 e. The number of unbranched alkanes of at least 4 members (excludes halogenated alkanes) is 16. The number of carbonyl (C=O) groups excluding carboxylic acids is 2. The number of ether oxygens (including phenoxy) is 6. The van der Waals surface area contributed by atoms with Gasteiger partial charge in [-0.25, -0.2) is 0 Å². The first-order valence-electron chi connectivity index (χ1n) is 24.0. The average Bonchev–Trinajstić information content (AvgIpc) is 3.30. The summed E-state index contributed by atoms with van der Waals surface area (Å²) >= 11 is 0. The highest BCUT2D eigenvalue weighted by Gasteiger charge is 2.64. The summed E-state index contributed by atoms with van der Waals surface area (Å²) < 4.78 is 32.4. The minimum Gasteiger partial charge on any atom is -0.394 e. The average molecular weight is 931 g/mol. The molecule has 376 valence electrons. The fraction of sp³-hybridized carbons (Fsp3) is 0.872. The van der Waals surface area contributed by atoms with Crippen LogP contribution >= 0.6 is 0 Å². The lowest BCUT2D eigenvalue weighted by Gasteiger charge is -2.54. The second-order valence-corrected chi connectivity index (χ2v) is 16.8. The molecule has 18 heteroatoms. The minimum atomic E-state index is -2.71. The molecule has 2 amide bonds. The summed E-state index contributed by atoms with van der Waals surface area (Å²) in [5.41, 5.74) is -2.71. The van der Waals surface area contributed by atoms with Gasteiger partial charge >= 0.3 is 0 Å². The lowest BCUT2D eigenvalue weighted by atomic mass is 9.75. The number of carbonyl (C=O) groups is 2. The van der Waals surface area contributed by atoms with Gasteiger partial charge in [0.2, 0.25) is 11.8 Å². The molecule has 2 rings (SSSR count). The van der Waals surface area contributed by atoms with Crippen molar-refractivity contribution in [3.63, 3.8) is 0 Å². The van der Waals surface area contributed by atoms with E-state index in [1.54, 1.807) is 0 Å². The van der Waals surface area contributed by atoms with Gasteiger partial charge in [-0.1, -0.05) is 102 Å². The van der Waals surface area contributed by atoms with Crippen LogP contribution in [0.25, 0.3) is 0 Å². The van der Waals surface area contributed by atoms with Crippen LogP contribution in [0, 0.1) is 23.7 Å². The molecule has 0 radical (unpaired) electrons. The first-order valence-corrected chi connectivity index (χ1v) is 24.0. The molecule has 18 nitrogen and oxygen atoms in total. The van der Waals surface area contributed by atoms with Crippen LogP contribution in [0.1, 0.15) is 129 Å². The predicted molar refractivity (Wildman–Crippen MR) is 240 cm³/mol. The zero-order valence-electron chi connectivity index (χ0n) is 38.8. The highest BCUT2D eigenvalue weighted by Crippen LogP contribution is 2.39. The van der Waals surface area contributed by atoms with Crippen LogP contribution in [0.4, 0.5) is 0 Å². The maximum absolute atomic E-state index is 12.1. The predicted octanol–water partition coefficient (Wildman–Crippen LogP) is 0.736. The van der Waals surface area contributed by atoms with Gasteiger partial charge in [-0.3, -0.25) is 9.59 Å². The molecule has 0 bridgehead atoms. The second kappa shape index (κ2) is 36.5. The number of aliphatic hydroxyl groups is 8. The van der Waals surface area contributed by atoms with Crippen LogP contribution in [0.15, 0.2) is 0 Å². The maximum Gasteiger partial charge on any atom is 0.246 e. The van der Waals surface area contributed by atoms with Crippen molar-refractivity contribution >= 4 is 11.8 Å². The molecule has 2 aliphatic heterocycles. The Morgan fingerprint density at radius 1 is 0.585 bits per heavy atom. The number of amides is 2. The van der Waals surface area contributed by atoms with E-state index in [0.717, 1.165) is 51.4 Å². The third-order valence-corrected chi connectivity index (χ3v) is 11.5. The normalized spacial score (nSPS) is 26.4. The first-order chi connectivity index (χ1) is 31.5. The Morgan fingerprint density at radius 2 is 1.11 bits per heavy atom. The van der Waals surface area contributed by atoms with Gasteiger partial charge in [0.15, 0.2) is 11.9 Å². The molecule has 2 aliphatic rings. The van der Waals surface area contributed by atoms with Crippen LogP contribution in [0.3, 0.4) is 0 Å². The molecule has 0 aromatic carbocycles. The standard InChI is InChI=1S/C47H82N2O16/c1-2-3-4-5-6-7-8-9-10-11-12-13-14-15-16-17-18-19-20-21-22-23-24-38(52)48-25-27-60-29-30-61-31-32-62-35-39(53)49-26-28-63-46-43(57)44(58)47(59,37(34-51)65-46)45-42(56)41(55)40(54)36(33-50)64-45/h36-37,40-46,50-51,54-59H,2-12,17-35H2,1H3,(H,48,52)(H,49,53)/t36-,37-,40+,41+,42-,43-,44-,45-,46-,47-/m1/s1. The third kappa shape index (κ3) is 23.4. The van der Waals surface area contributed by atoms with Crippen molar-refractivity contribution in [2.75, 3.05) is 72.6 Å². The molecule has 0 aromatic heterocycles. The monoisotopic (exact) mass is 931 g/mol. The number of hydrogen-bond acceptors (Lipinski definition) is 16. The Morgan fingerprint density at radius 3 is 1.69 bits per heavy atom. The van der Waals surface area contributed by atoms with Gasteiger partial charge in [-0.05, 0) is 31.1 Å². The van der Waals surface area contributed by atoms with E-state index in [2.05, 4.69) is 41.2 Å². The molecule has 2 heterocycles. The van der Waals surface area contributed by atoms with E-state index in [-0.39, 0.29) is 38.9 Å². The summed E-state index contributed by atoms with van der Waals surface area (Å²) in [7, 11) is 0. The van der Waals surface area contributed by atoms with Crippen LogP contribution in [0.5, 0.6) is 0 Å². The Labute approximate surface area is 386 Å². The fourth-order valence-electron chi connectivity index (χ4n) is 7.62. The van der Waals surface area contributed by atoms with Crippen molar-refractivity contribution in [3.8, 4) is 23.7 Å². The van der Waals surface area contributed by atoms with Gasteiger partial charge in [0.1, 0.15) is 55.4 Å². The van der Waals surface area contributed by atoms with E-state index in [1.807, 2.05) is 0 Å². The van der Waals surface area contributed by atoms with E-state index in [4.69, 9.17) is 28.4 Å². The number of rotatable bonds is 36. The summed E-state index contributed by atoms with van der Waals surface area (Å²) in [5, 5.41) is 88.3. The summed E-state index contributed by atoms with van der Waals surface area (Å²) in [4.78, 5) is 24.2. The molecule has 0 saturated carbocycles. The van der Waals surface area contributed by atoms with Crippen LogP contribution in [-0.2, 0) is 38.0 Å². The summed E-state index contributed by atoms with van der Waals surface area (Å²) in [6, 6.07) is 0. The second-order valence-electron chi connectivity index (χ2n) is 16.8. The summed E-state index contributed by atoms with van der Waals surface area (Å²) in [5.74, 6) is 11.9. The quantitative estimate of drug-likeness (QED) is 0.0307. The fourth-order valence-corrected chi connectivity index (χ4v) is 7.62. The zero-order valence-corrected chi connectivity index (χ0v) is 38.8. The highest BCUT2D eigenvalue weighted by molar-refractivity contribution is 5.77. The van der Waals surface area contributed by atoms with Crippen LogP contribution < -0.4 is 10.6 Å². The van der Waals surface area contributed by atoms with E-state index in [0.29, 0.717) is 32.8 Å². The minimum absolute atomic E-state index is 0.0162. The number of nitrogens with one attached hydrogen (secondary N) is 2. The van der Waals surface area contributed by atoms with E-state index < -0.39 is 79.8 Å². The van der Waals surface area contributed by atoms with Gasteiger partial charge in [-0.2, -0.15) is 0 Å². The highest BCUT2D eigenvalue weighted by atomic mass is 16.7. The van der Waals surface area contributed by atoms with E-state index in [9.17, 15) is 50.4 Å². The molecular formula is C47H82N2O16. The molecule has 10 N–H and O–H groups in total. The van der Waals surface area contributed by atoms with Gasteiger partial charge in [-0.15, -0.1) is 0 Å². The third-order valence-electron chi connectivity index (χ3n) is 11.5. The van der Waals surface area contributed by atoms with E-state index in [1.165, 1.54) is 64.2 Å². The van der Waals surface area contributed by atoms with Gasteiger partial charge in [0.05, 0.1) is 52.9 Å². The summed E-state index contributed by atoms with van der Waals surface area (Å²) in [6.07, 6.45) is 5.68. The van der Waals surface area contributed by atoms with E-state index >= 15 is 0 Å².